The van der Waals surface area contributed by atoms with E-state index in [1.165, 1.54) is 7.11 Å². The zero-order chi connectivity index (χ0) is 21.9. The molecule has 1 amide bonds. The highest BCUT2D eigenvalue weighted by Crippen LogP contribution is 2.34. The van der Waals surface area contributed by atoms with Crippen LogP contribution in [-0.2, 0) is 11.2 Å². The fourth-order valence-electron chi connectivity index (χ4n) is 3.45. The molecule has 0 atom stereocenters. The van der Waals surface area contributed by atoms with Crippen LogP contribution in [0.1, 0.15) is 25.3 Å². The van der Waals surface area contributed by atoms with Crippen molar-refractivity contribution in [3.8, 4) is 17.2 Å². The van der Waals surface area contributed by atoms with Crippen LogP contribution in [0.4, 0.5) is 4.79 Å². The number of nitrogens with zero attached hydrogens (tertiary/aromatic N) is 2. The molecular weight excluding hydrogens is 515 g/mol. The van der Waals surface area contributed by atoms with Gasteiger partial charge in [0.15, 0.2) is 5.96 Å². The number of likely N-dealkylation sites (tertiary alicyclic amines) is 1. The van der Waals surface area contributed by atoms with E-state index in [0.717, 1.165) is 42.4 Å². The lowest BCUT2D eigenvalue weighted by Crippen LogP contribution is -2.49. The smallest absolute Gasteiger partial charge is 0.409 e. The normalized spacial score (nSPS) is 14.4. The van der Waals surface area contributed by atoms with Gasteiger partial charge in [-0.25, -0.2) is 4.79 Å². The first kappa shape index (κ1) is 26.9. The van der Waals surface area contributed by atoms with Crippen LogP contribution < -0.4 is 24.8 Å². The second-order valence-electron chi connectivity index (χ2n) is 6.90. The number of carbonyl (C=O) groups excluding carboxylic acids is 1. The van der Waals surface area contributed by atoms with Crippen LogP contribution in [0.3, 0.4) is 0 Å². The molecule has 1 aliphatic rings. The highest BCUT2D eigenvalue weighted by atomic mass is 127. The van der Waals surface area contributed by atoms with E-state index in [2.05, 4.69) is 10.6 Å². The lowest BCUT2D eigenvalue weighted by atomic mass is 10.1. The highest BCUT2D eigenvalue weighted by Gasteiger charge is 2.23. The van der Waals surface area contributed by atoms with Crippen LogP contribution in [0.15, 0.2) is 17.1 Å². The summed E-state index contributed by atoms with van der Waals surface area (Å²) in [5.41, 5.74) is 0.951. The maximum absolute atomic E-state index is 11.6. The molecule has 31 heavy (non-hydrogen) atoms. The molecule has 1 aromatic carbocycles. The van der Waals surface area contributed by atoms with Crippen LogP contribution >= 0.6 is 24.0 Å². The average molecular weight is 550 g/mol. The summed E-state index contributed by atoms with van der Waals surface area (Å²) in [6, 6.07) is 3.95. The van der Waals surface area contributed by atoms with E-state index in [-0.39, 0.29) is 36.1 Å². The van der Waals surface area contributed by atoms with Crippen molar-refractivity contribution in [2.75, 3.05) is 54.6 Å². The fraction of sp³-hybridized carbons (Fsp3) is 0.619. The zero-order valence-electron chi connectivity index (χ0n) is 19.0. The molecule has 0 unspecified atom stereocenters. The van der Waals surface area contributed by atoms with Gasteiger partial charge in [-0.2, -0.15) is 0 Å². The summed E-state index contributed by atoms with van der Waals surface area (Å²) in [5, 5.41) is 6.76. The van der Waals surface area contributed by atoms with Crippen molar-refractivity contribution in [2.24, 2.45) is 4.99 Å². The molecule has 0 spiro atoms. The van der Waals surface area contributed by atoms with Crippen LogP contribution in [-0.4, -0.2) is 77.6 Å². The number of carbonyl (C=O) groups is 1. The molecule has 176 valence electrons. The lowest BCUT2D eigenvalue weighted by Gasteiger charge is -2.32. The van der Waals surface area contributed by atoms with Gasteiger partial charge in [0.25, 0.3) is 0 Å². The Morgan fingerprint density at radius 1 is 1.10 bits per heavy atom. The number of amides is 1. The van der Waals surface area contributed by atoms with Crippen molar-refractivity contribution in [2.45, 2.75) is 32.2 Å². The van der Waals surface area contributed by atoms with E-state index in [9.17, 15) is 4.79 Å². The number of rotatable bonds is 8. The number of methoxy groups -OCH3 is 4. The number of aliphatic imine (C=N–C) groups is 1. The molecule has 2 rings (SSSR count). The van der Waals surface area contributed by atoms with E-state index >= 15 is 0 Å². The minimum absolute atomic E-state index is 0. The van der Waals surface area contributed by atoms with E-state index in [0.29, 0.717) is 31.8 Å². The van der Waals surface area contributed by atoms with E-state index in [4.69, 9.17) is 23.9 Å². The van der Waals surface area contributed by atoms with Crippen molar-refractivity contribution < 1.29 is 23.7 Å². The van der Waals surface area contributed by atoms with Crippen LogP contribution in [0, 0.1) is 0 Å². The van der Waals surface area contributed by atoms with E-state index < -0.39 is 0 Å². The molecule has 9 nitrogen and oxygen atoms in total. The number of piperidine rings is 1. The van der Waals surface area contributed by atoms with Gasteiger partial charge in [0.2, 0.25) is 0 Å². The molecule has 1 aliphatic heterocycles. The molecule has 1 heterocycles. The number of guanidine groups is 1. The number of hydrogen-bond acceptors (Lipinski definition) is 6. The predicted molar refractivity (Wildman–Crippen MR) is 131 cm³/mol. The van der Waals surface area contributed by atoms with Gasteiger partial charge in [-0.1, -0.05) is 0 Å². The van der Waals surface area contributed by atoms with Crippen molar-refractivity contribution in [1.82, 2.24) is 15.5 Å². The molecule has 0 radical (unpaired) electrons. The summed E-state index contributed by atoms with van der Waals surface area (Å²) in [4.78, 5) is 18.1. The summed E-state index contributed by atoms with van der Waals surface area (Å²) in [6.45, 7) is 4.71. The third-order valence-corrected chi connectivity index (χ3v) is 5.06. The second-order valence-corrected chi connectivity index (χ2v) is 6.90. The first-order chi connectivity index (χ1) is 14.6. The Bertz CT molecular complexity index is 699. The summed E-state index contributed by atoms with van der Waals surface area (Å²) in [6.07, 6.45) is 2.09. The van der Waals surface area contributed by atoms with Crippen LogP contribution in [0.5, 0.6) is 17.2 Å². The van der Waals surface area contributed by atoms with Crippen molar-refractivity contribution in [3.63, 3.8) is 0 Å². The van der Waals surface area contributed by atoms with Crippen LogP contribution in [0.2, 0.25) is 0 Å². The Kier molecular flexibility index (Phi) is 12.2. The molecule has 0 saturated carbocycles. The minimum atomic E-state index is -0.267. The first-order valence-corrected chi connectivity index (χ1v) is 10.2. The molecular formula is C21H35IN4O5. The van der Waals surface area contributed by atoms with E-state index in [1.807, 2.05) is 19.1 Å². The second kappa shape index (κ2) is 14.0. The van der Waals surface area contributed by atoms with Gasteiger partial charge in [0, 0.05) is 49.9 Å². The molecule has 1 saturated heterocycles. The summed E-state index contributed by atoms with van der Waals surface area (Å²) in [5.74, 6) is 2.88. The molecule has 10 heteroatoms. The first-order valence-electron chi connectivity index (χ1n) is 10.2. The maximum atomic E-state index is 11.6. The third kappa shape index (κ3) is 7.82. The fourth-order valence-corrected chi connectivity index (χ4v) is 3.45. The summed E-state index contributed by atoms with van der Waals surface area (Å²) >= 11 is 0. The highest BCUT2D eigenvalue weighted by molar-refractivity contribution is 14.0. The van der Waals surface area contributed by atoms with Crippen molar-refractivity contribution in [1.29, 1.82) is 0 Å². The third-order valence-electron chi connectivity index (χ3n) is 5.06. The monoisotopic (exact) mass is 550 g/mol. The topological polar surface area (TPSA) is 93.7 Å². The SMILES string of the molecule is CCNC(=NCCc1c(OC)cc(OC)cc1OC)NC1CCN(C(=O)OC)CC1.I. The standard InChI is InChI=1S/C21H34N4O5.HI/c1-6-22-20(24-15-8-11-25(12-9-15)21(26)30-5)23-10-7-17-18(28-3)13-16(27-2)14-19(17)29-4;/h13-15H,6-12H2,1-5H3,(H2,22,23,24);1H. The minimum Gasteiger partial charge on any atom is -0.496 e. The number of benzene rings is 1. The Morgan fingerprint density at radius 3 is 2.19 bits per heavy atom. The Balaban J connectivity index is 0.00000480. The molecule has 1 aromatic rings. The zero-order valence-corrected chi connectivity index (χ0v) is 21.4. The van der Waals surface area contributed by atoms with Crippen molar-refractivity contribution >= 4 is 36.0 Å². The quantitative estimate of drug-likeness (QED) is 0.292. The van der Waals surface area contributed by atoms with Gasteiger partial charge >= 0.3 is 6.09 Å². The maximum Gasteiger partial charge on any atom is 0.409 e. The van der Waals surface area contributed by atoms with Gasteiger partial charge < -0.3 is 34.5 Å². The summed E-state index contributed by atoms with van der Waals surface area (Å²) in [7, 11) is 6.29. The lowest BCUT2D eigenvalue weighted by molar-refractivity contribution is 0.111. The molecule has 1 fully saturated rings. The molecule has 2 N–H and O–H groups in total. The summed E-state index contributed by atoms with van der Waals surface area (Å²) < 4.78 is 21.1. The van der Waals surface area contributed by atoms with Crippen molar-refractivity contribution in [3.05, 3.63) is 17.7 Å². The number of nitrogens with one attached hydrogen (secondary N) is 2. The molecule has 0 bridgehead atoms. The predicted octanol–water partition coefficient (Wildman–Crippen LogP) is 2.66. The Hall–Kier alpha value is -2.11. The number of halogens is 1. The Morgan fingerprint density at radius 2 is 1.71 bits per heavy atom. The van der Waals surface area contributed by atoms with Gasteiger partial charge in [-0.05, 0) is 26.2 Å². The molecule has 0 aliphatic carbocycles. The van der Waals surface area contributed by atoms with E-state index in [1.54, 1.807) is 26.2 Å². The van der Waals surface area contributed by atoms with Crippen LogP contribution in [0.25, 0.3) is 0 Å². The average Bonchev–Trinajstić information content (AvgIpc) is 2.78. The largest absolute Gasteiger partial charge is 0.496 e. The number of hydrogen-bond donors (Lipinski definition) is 2. The van der Waals surface area contributed by atoms with Gasteiger partial charge in [-0.3, -0.25) is 4.99 Å². The molecule has 0 aromatic heterocycles. The Labute approximate surface area is 201 Å². The van der Waals surface area contributed by atoms with Gasteiger partial charge in [0.05, 0.1) is 28.4 Å². The van der Waals surface area contributed by atoms with Gasteiger partial charge in [0.1, 0.15) is 17.2 Å². The number of ether oxygens (including phenoxy) is 4. The van der Waals surface area contributed by atoms with Gasteiger partial charge in [-0.15, -0.1) is 24.0 Å².